The maximum Gasteiger partial charge on any atom is 0.336 e. The van der Waals surface area contributed by atoms with E-state index in [0.29, 0.717) is 17.5 Å². The lowest BCUT2D eigenvalue weighted by atomic mass is 9.96. The van der Waals surface area contributed by atoms with Crippen LogP contribution in [0.5, 0.6) is 0 Å². The summed E-state index contributed by atoms with van der Waals surface area (Å²) >= 11 is 0. The third kappa shape index (κ3) is 3.81. The van der Waals surface area contributed by atoms with Gasteiger partial charge in [0, 0.05) is 6.04 Å². The predicted octanol–water partition coefficient (Wildman–Crippen LogP) is 1.89. The standard InChI is InChI=1S/C15H21NO4/c1-8-5-6-9(2)13(15(19)20)12(8)14(18)16-10(3)7-11(4)17/h5-6,10-11,17H,7H2,1-4H3,(H,16,18)(H,19,20). The van der Waals surface area contributed by atoms with E-state index in [4.69, 9.17) is 0 Å². The SMILES string of the molecule is Cc1ccc(C)c(C(=O)NC(C)CC(C)O)c1C(=O)O. The van der Waals surface area contributed by atoms with Crippen molar-refractivity contribution in [2.75, 3.05) is 0 Å². The Morgan fingerprint density at radius 2 is 1.65 bits per heavy atom. The number of nitrogens with one attached hydrogen (secondary N) is 1. The Balaban J connectivity index is 3.09. The van der Waals surface area contributed by atoms with Crippen LogP contribution in [0.25, 0.3) is 0 Å². The van der Waals surface area contributed by atoms with Gasteiger partial charge in [-0.1, -0.05) is 12.1 Å². The summed E-state index contributed by atoms with van der Waals surface area (Å²) in [7, 11) is 0. The minimum Gasteiger partial charge on any atom is -0.478 e. The van der Waals surface area contributed by atoms with Crippen LogP contribution >= 0.6 is 0 Å². The van der Waals surface area contributed by atoms with Gasteiger partial charge in [-0.15, -0.1) is 0 Å². The fraction of sp³-hybridized carbons (Fsp3) is 0.467. The van der Waals surface area contributed by atoms with Crippen LogP contribution in [0.2, 0.25) is 0 Å². The van der Waals surface area contributed by atoms with Crippen LogP contribution in [-0.4, -0.2) is 34.2 Å². The summed E-state index contributed by atoms with van der Waals surface area (Å²) in [6, 6.07) is 3.19. The number of aromatic carboxylic acids is 1. The van der Waals surface area contributed by atoms with Gasteiger partial charge in [0.05, 0.1) is 17.2 Å². The van der Waals surface area contributed by atoms with E-state index in [1.807, 2.05) is 0 Å². The fourth-order valence-electron chi connectivity index (χ4n) is 2.25. The fourth-order valence-corrected chi connectivity index (χ4v) is 2.25. The summed E-state index contributed by atoms with van der Waals surface area (Å²) < 4.78 is 0. The zero-order chi connectivity index (χ0) is 15.4. The molecule has 1 aromatic rings. The van der Waals surface area contributed by atoms with Crippen molar-refractivity contribution in [1.29, 1.82) is 0 Å². The lowest BCUT2D eigenvalue weighted by Crippen LogP contribution is -2.36. The number of carboxylic acids is 1. The van der Waals surface area contributed by atoms with Crippen LogP contribution in [-0.2, 0) is 0 Å². The summed E-state index contributed by atoms with van der Waals surface area (Å²) in [5.74, 6) is -1.53. The largest absolute Gasteiger partial charge is 0.478 e. The molecule has 1 aromatic carbocycles. The predicted molar refractivity (Wildman–Crippen MR) is 76.1 cm³/mol. The van der Waals surface area contributed by atoms with Crippen molar-refractivity contribution in [2.24, 2.45) is 0 Å². The lowest BCUT2D eigenvalue weighted by molar-refractivity contribution is 0.0688. The molecule has 20 heavy (non-hydrogen) atoms. The van der Waals surface area contributed by atoms with Crippen molar-refractivity contribution < 1.29 is 19.8 Å². The number of rotatable bonds is 5. The highest BCUT2D eigenvalue weighted by Gasteiger charge is 2.22. The van der Waals surface area contributed by atoms with Crippen LogP contribution in [0, 0.1) is 13.8 Å². The van der Waals surface area contributed by atoms with Gasteiger partial charge >= 0.3 is 5.97 Å². The summed E-state index contributed by atoms with van der Waals surface area (Å²) in [6.07, 6.45) is -0.109. The molecule has 1 amide bonds. The molecule has 0 aliphatic carbocycles. The number of amides is 1. The molecule has 0 heterocycles. The first-order chi connectivity index (χ1) is 9.23. The van der Waals surface area contributed by atoms with E-state index in [1.54, 1.807) is 39.8 Å². The Labute approximate surface area is 118 Å². The molecule has 0 saturated heterocycles. The average Bonchev–Trinajstić information content (AvgIpc) is 2.29. The third-order valence-electron chi connectivity index (χ3n) is 3.14. The lowest BCUT2D eigenvalue weighted by Gasteiger charge is -2.18. The van der Waals surface area contributed by atoms with Crippen LogP contribution in [0.1, 0.15) is 52.1 Å². The molecule has 5 heteroatoms. The molecule has 5 nitrogen and oxygen atoms in total. The number of carbonyl (C=O) groups is 2. The summed E-state index contributed by atoms with van der Waals surface area (Å²) in [6.45, 7) is 6.79. The van der Waals surface area contributed by atoms with Crippen molar-refractivity contribution in [2.45, 2.75) is 46.3 Å². The highest BCUT2D eigenvalue weighted by atomic mass is 16.4. The number of hydrogen-bond acceptors (Lipinski definition) is 3. The summed E-state index contributed by atoms with van der Waals surface area (Å²) in [5.41, 5.74) is 1.40. The van der Waals surface area contributed by atoms with Gasteiger partial charge in [0.25, 0.3) is 5.91 Å². The highest BCUT2D eigenvalue weighted by Crippen LogP contribution is 2.19. The monoisotopic (exact) mass is 279 g/mol. The van der Waals surface area contributed by atoms with Crippen LogP contribution in [0.15, 0.2) is 12.1 Å². The number of aliphatic hydroxyl groups excluding tert-OH is 1. The second-order valence-electron chi connectivity index (χ2n) is 5.21. The van der Waals surface area contributed by atoms with E-state index in [0.717, 1.165) is 0 Å². The van der Waals surface area contributed by atoms with Gasteiger partial charge < -0.3 is 15.5 Å². The van der Waals surface area contributed by atoms with Gasteiger partial charge in [-0.3, -0.25) is 4.79 Å². The minimum atomic E-state index is -1.11. The van der Waals surface area contributed by atoms with Gasteiger partial charge in [0.1, 0.15) is 0 Å². The molecule has 110 valence electrons. The van der Waals surface area contributed by atoms with E-state index >= 15 is 0 Å². The molecule has 2 atom stereocenters. The normalized spacial score (nSPS) is 13.7. The maximum absolute atomic E-state index is 12.3. The smallest absolute Gasteiger partial charge is 0.336 e. The molecule has 0 aliphatic heterocycles. The average molecular weight is 279 g/mol. The second-order valence-corrected chi connectivity index (χ2v) is 5.21. The number of hydrogen-bond donors (Lipinski definition) is 3. The molecule has 1 rings (SSSR count). The molecule has 0 aliphatic rings. The first-order valence-corrected chi connectivity index (χ1v) is 6.56. The molecule has 0 aromatic heterocycles. The molecule has 3 N–H and O–H groups in total. The topological polar surface area (TPSA) is 86.6 Å². The Morgan fingerprint density at radius 1 is 1.15 bits per heavy atom. The maximum atomic E-state index is 12.3. The molecule has 0 bridgehead atoms. The molecule has 0 saturated carbocycles. The Morgan fingerprint density at radius 3 is 2.10 bits per heavy atom. The van der Waals surface area contributed by atoms with Crippen molar-refractivity contribution in [3.8, 4) is 0 Å². The highest BCUT2D eigenvalue weighted by molar-refractivity contribution is 6.06. The Bertz CT molecular complexity index is 523. The summed E-state index contributed by atoms with van der Waals surface area (Å²) in [4.78, 5) is 23.6. The van der Waals surface area contributed by atoms with Crippen molar-refractivity contribution in [3.05, 3.63) is 34.4 Å². The number of carbonyl (C=O) groups excluding carboxylic acids is 1. The van der Waals surface area contributed by atoms with Crippen molar-refractivity contribution in [1.82, 2.24) is 5.32 Å². The van der Waals surface area contributed by atoms with Crippen LogP contribution in [0.3, 0.4) is 0 Å². The zero-order valence-corrected chi connectivity index (χ0v) is 12.2. The Hall–Kier alpha value is -1.88. The van der Waals surface area contributed by atoms with Crippen LogP contribution in [0.4, 0.5) is 0 Å². The van der Waals surface area contributed by atoms with Gasteiger partial charge in [0.2, 0.25) is 0 Å². The van der Waals surface area contributed by atoms with Gasteiger partial charge in [-0.05, 0) is 45.2 Å². The van der Waals surface area contributed by atoms with Crippen molar-refractivity contribution in [3.63, 3.8) is 0 Å². The minimum absolute atomic E-state index is 0.0340. The van der Waals surface area contributed by atoms with E-state index in [-0.39, 0.29) is 17.2 Å². The first-order valence-electron chi connectivity index (χ1n) is 6.56. The molecule has 0 radical (unpaired) electrons. The molecular weight excluding hydrogens is 258 g/mol. The third-order valence-corrected chi connectivity index (χ3v) is 3.14. The number of aliphatic hydroxyl groups is 1. The van der Waals surface area contributed by atoms with E-state index in [2.05, 4.69) is 5.32 Å². The van der Waals surface area contributed by atoms with E-state index in [9.17, 15) is 19.8 Å². The zero-order valence-electron chi connectivity index (χ0n) is 12.2. The van der Waals surface area contributed by atoms with E-state index < -0.39 is 18.0 Å². The Kier molecular flexibility index (Phi) is 5.27. The quantitative estimate of drug-likeness (QED) is 0.768. The number of carboxylic acid groups (broad SMARTS) is 1. The first kappa shape index (κ1) is 16.2. The van der Waals surface area contributed by atoms with Gasteiger partial charge in [0.15, 0.2) is 0 Å². The van der Waals surface area contributed by atoms with Gasteiger partial charge in [-0.25, -0.2) is 4.79 Å². The number of benzene rings is 1. The molecule has 0 spiro atoms. The molecule has 2 unspecified atom stereocenters. The second kappa shape index (κ2) is 6.52. The summed E-state index contributed by atoms with van der Waals surface area (Å²) in [5, 5.41) is 21.3. The molecule has 0 fully saturated rings. The number of aryl methyl sites for hydroxylation is 2. The van der Waals surface area contributed by atoms with Crippen LogP contribution < -0.4 is 5.32 Å². The van der Waals surface area contributed by atoms with Crippen molar-refractivity contribution >= 4 is 11.9 Å². The molecular formula is C15H21NO4. The van der Waals surface area contributed by atoms with E-state index in [1.165, 1.54) is 0 Å². The van der Waals surface area contributed by atoms with Gasteiger partial charge in [-0.2, -0.15) is 0 Å².